The number of urea groups is 1. The van der Waals surface area contributed by atoms with Crippen LogP contribution < -0.4 is 5.32 Å². The third kappa shape index (κ3) is 4.39. The molecule has 2 aromatic heterocycles. The highest BCUT2D eigenvalue weighted by Crippen LogP contribution is 2.28. The molecule has 2 aromatic rings. The fraction of sp³-hybridized carbons (Fsp3) is 0.524. The van der Waals surface area contributed by atoms with Crippen LogP contribution in [-0.2, 0) is 24.7 Å². The number of hydrogen-bond acceptors (Lipinski definition) is 5. The number of amides is 2. The van der Waals surface area contributed by atoms with E-state index in [0.29, 0.717) is 19.6 Å². The molecule has 1 atom stereocenters. The van der Waals surface area contributed by atoms with Crippen molar-refractivity contribution < 1.29 is 14.7 Å². The Bertz CT molecular complexity index is 927. The van der Waals surface area contributed by atoms with Crippen LogP contribution in [0.1, 0.15) is 42.1 Å². The zero-order valence-electron chi connectivity index (χ0n) is 17.3. The maximum Gasteiger partial charge on any atom is 0.320 e. The first-order valence-electron chi connectivity index (χ1n) is 10.5. The summed E-state index contributed by atoms with van der Waals surface area (Å²) in [5.74, 6) is 0.0670. The van der Waals surface area contributed by atoms with E-state index in [0.717, 1.165) is 49.3 Å². The third-order valence-electron chi connectivity index (χ3n) is 5.79. The van der Waals surface area contributed by atoms with Crippen molar-refractivity contribution in [3.05, 3.63) is 41.3 Å². The Hall–Kier alpha value is -3.10. The Labute approximate surface area is 175 Å². The first-order valence-corrected chi connectivity index (χ1v) is 10.5. The van der Waals surface area contributed by atoms with Crippen LogP contribution in [0.15, 0.2) is 24.5 Å². The zero-order valence-corrected chi connectivity index (χ0v) is 17.3. The van der Waals surface area contributed by atoms with Gasteiger partial charge < -0.3 is 20.2 Å². The molecule has 9 nitrogen and oxygen atoms in total. The van der Waals surface area contributed by atoms with E-state index >= 15 is 0 Å². The number of aromatic nitrogens is 3. The number of aryl methyl sites for hydroxylation is 3. The highest BCUT2D eigenvalue weighted by molar-refractivity contribution is 5.78. The Morgan fingerprint density at radius 1 is 1.33 bits per heavy atom. The smallest absolute Gasteiger partial charge is 0.320 e. The predicted octanol–water partition coefficient (Wildman–Crippen LogP) is 2.06. The fourth-order valence-electron chi connectivity index (χ4n) is 4.24. The van der Waals surface area contributed by atoms with E-state index in [-0.39, 0.29) is 12.5 Å². The lowest BCUT2D eigenvalue weighted by Crippen LogP contribution is -2.36. The standard InChI is InChI=1S/C21H28N6O3/c1-25-14-16(13-23-25)18(12-19(28)29)27-11-10-26(21(27)30)9-3-5-17-7-6-15-4-2-8-22-20(15)24-17/h6-7,13-14,18H,2-5,8-12H2,1H3,(H,22,24)(H,28,29)/t18-/m0/s1. The fourth-order valence-corrected chi connectivity index (χ4v) is 4.24. The topological polar surface area (TPSA) is 104 Å². The molecule has 0 aliphatic carbocycles. The van der Waals surface area contributed by atoms with Crippen molar-refractivity contribution in [2.75, 3.05) is 31.5 Å². The van der Waals surface area contributed by atoms with Crippen molar-refractivity contribution in [3.63, 3.8) is 0 Å². The molecular weight excluding hydrogens is 384 g/mol. The number of pyridine rings is 1. The first-order chi connectivity index (χ1) is 14.5. The Balaban J connectivity index is 1.35. The predicted molar refractivity (Wildman–Crippen MR) is 111 cm³/mol. The number of carboxylic acid groups (broad SMARTS) is 1. The molecule has 30 heavy (non-hydrogen) atoms. The van der Waals surface area contributed by atoms with Gasteiger partial charge in [-0.2, -0.15) is 5.10 Å². The van der Waals surface area contributed by atoms with Gasteiger partial charge in [-0.05, 0) is 37.3 Å². The van der Waals surface area contributed by atoms with Crippen LogP contribution in [0.5, 0.6) is 0 Å². The number of hydrogen-bond donors (Lipinski definition) is 2. The molecule has 4 rings (SSSR count). The number of nitrogens with one attached hydrogen (secondary N) is 1. The van der Waals surface area contributed by atoms with Crippen molar-refractivity contribution in [3.8, 4) is 0 Å². The summed E-state index contributed by atoms with van der Waals surface area (Å²) in [6, 6.07) is 3.62. The molecule has 0 saturated carbocycles. The summed E-state index contributed by atoms with van der Waals surface area (Å²) >= 11 is 0. The normalized spacial score (nSPS) is 17.0. The third-order valence-corrected chi connectivity index (χ3v) is 5.79. The quantitative estimate of drug-likeness (QED) is 0.688. The lowest BCUT2D eigenvalue weighted by atomic mass is 10.1. The summed E-state index contributed by atoms with van der Waals surface area (Å²) in [5.41, 5.74) is 3.06. The second kappa shape index (κ2) is 8.73. The number of carboxylic acids is 1. The summed E-state index contributed by atoms with van der Waals surface area (Å²) in [7, 11) is 1.78. The molecule has 0 aromatic carbocycles. The highest BCUT2D eigenvalue weighted by Gasteiger charge is 2.35. The molecule has 0 bridgehead atoms. The lowest BCUT2D eigenvalue weighted by molar-refractivity contribution is -0.138. The van der Waals surface area contributed by atoms with Gasteiger partial charge in [0.15, 0.2) is 0 Å². The van der Waals surface area contributed by atoms with Crippen LogP contribution in [0.25, 0.3) is 0 Å². The molecule has 0 unspecified atom stereocenters. The van der Waals surface area contributed by atoms with E-state index in [1.165, 1.54) is 5.56 Å². The highest BCUT2D eigenvalue weighted by atomic mass is 16.4. The second-order valence-corrected chi connectivity index (χ2v) is 7.97. The Morgan fingerprint density at radius 3 is 2.97 bits per heavy atom. The summed E-state index contributed by atoms with van der Waals surface area (Å²) in [4.78, 5) is 32.5. The number of carbonyl (C=O) groups excluding carboxylic acids is 1. The molecule has 0 radical (unpaired) electrons. The van der Waals surface area contributed by atoms with Gasteiger partial charge in [-0.3, -0.25) is 9.48 Å². The Kier molecular flexibility index (Phi) is 5.87. The minimum absolute atomic E-state index is 0.106. The zero-order chi connectivity index (χ0) is 21.1. The number of aliphatic carboxylic acids is 1. The average molecular weight is 412 g/mol. The van der Waals surface area contributed by atoms with Crippen molar-refractivity contribution in [2.45, 2.75) is 38.1 Å². The number of carbonyl (C=O) groups is 2. The molecule has 160 valence electrons. The molecule has 1 fully saturated rings. The summed E-state index contributed by atoms with van der Waals surface area (Å²) < 4.78 is 1.63. The van der Waals surface area contributed by atoms with Crippen molar-refractivity contribution >= 4 is 17.8 Å². The van der Waals surface area contributed by atoms with E-state index in [9.17, 15) is 14.7 Å². The molecule has 2 aliphatic heterocycles. The minimum atomic E-state index is -0.929. The molecule has 9 heteroatoms. The van der Waals surface area contributed by atoms with Crippen LogP contribution in [-0.4, -0.2) is 67.9 Å². The van der Waals surface area contributed by atoms with Crippen molar-refractivity contribution in [2.24, 2.45) is 7.05 Å². The molecule has 2 N–H and O–H groups in total. The number of fused-ring (bicyclic) bond motifs is 1. The van der Waals surface area contributed by atoms with Gasteiger partial charge >= 0.3 is 12.0 Å². The van der Waals surface area contributed by atoms with Crippen LogP contribution in [0.4, 0.5) is 10.6 Å². The second-order valence-electron chi connectivity index (χ2n) is 7.97. The lowest BCUT2D eigenvalue weighted by Gasteiger charge is -2.26. The van der Waals surface area contributed by atoms with E-state index < -0.39 is 12.0 Å². The largest absolute Gasteiger partial charge is 0.481 e. The maximum atomic E-state index is 12.9. The number of nitrogens with zero attached hydrogens (tertiary/aromatic N) is 5. The van der Waals surface area contributed by atoms with Gasteiger partial charge in [0, 0.05) is 50.7 Å². The molecule has 4 heterocycles. The molecule has 1 saturated heterocycles. The van der Waals surface area contributed by atoms with Crippen LogP contribution >= 0.6 is 0 Å². The van der Waals surface area contributed by atoms with E-state index in [1.54, 1.807) is 29.0 Å². The van der Waals surface area contributed by atoms with Crippen LogP contribution in [0, 0.1) is 0 Å². The summed E-state index contributed by atoms with van der Waals surface area (Å²) in [5, 5.41) is 16.8. The summed E-state index contributed by atoms with van der Waals surface area (Å²) in [6.07, 6.45) is 7.13. The maximum absolute atomic E-state index is 12.9. The first kappa shape index (κ1) is 20.2. The molecule has 2 aliphatic rings. The van der Waals surface area contributed by atoms with Gasteiger partial charge in [-0.15, -0.1) is 0 Å². The SMILES string of the molecule is Cn1cc([C@H](CC(=O)O)N2CCN(CCCc3ccc4c(n3)NCCC4)C2=O)cn1. The van der Waals surface area contributed by atoms with Gasteiger partial charge in [-0.1, -0.05) is 6.07 Å². The van der Waals surface area contributed by atoms with Gasteiger partial charge in [0.1, 0.15) is 5.82 Å². The van der Waals surface area contributed by atoms with Gasteiger partial charge in [0.2, 0.25) is 0 Å². The van der Waals surface area contributed by atoms with E-state index in [1.807, 2.05) is 4.90 Å². The average Bonchev–Trinajstić information content (AvgIpc) is 3.32. The monoisotopic (exact) mass is 412 g/mol. The molecule has 2 amide bonds. The van der Waals surface area contributed by atoms with Crippen molar-refractivity contribution in [1.29, 1.82) is 0 Å². The van der Waals surface area contributed by atoms with Gasteiger partial charge in [0.05, 0.1) is 18.7 Å². The van der Waals surface area contributed by atoms with E-state index in [2.05, 4.69) is 22.5 Å². The molecule has 0 spiro atoms. The van der Waals surface area contributed by atoms with Gasteiger partial charge in [-0.25, -0.2) is 9.78 Å². The summed E-state index contributed by atoms with van der Waals surface area (Å²) in [6.45, 7) is 2.73. The van der Waals surface area contributed by atoms with Crippen molar-refractivity contribution in [1.82, 2.24) is 24.6 Å². The number of anilines is 1. The Morgan fingerprint density at radius 2 is 2.20 bits per heavy atom. The van der Waals surface area contributed by atoms with E-state index in [4.69, 9.17) is 4.98 Å². The minimum Gasteiger partial charge on any atom is -0.481 e. The number of rotatable bonds is 8. The van der Waals surface area contributed by atoms with Crippen LogP contribution in [0.3, 0.4) is 0 Å². The molecular formula is C21H28N6O3. The van der Waals surface area contributed by atoms with Crippen LogP contribution in [0.2, 0.25) is 0 Å². The van der Waals surface area contributed by atoms with Gasteiger partial charge in [0.25, 0.3) is 0 Å².